The highest BCUT2D eigenvalue weighted by Gasteiger charge is 2.46. The van der Waals surface area contributed by atoms with Gasteiger partial charge >= 0.3 is 0 Å². The van der Waals surface area contributed by atoms with Gasteiger partial charge in [-0.25, -0.2) is 0 Å². The molecule has 0 radical (unpaired) electrons. The third-order valence-corrected chi connectivity index (χ3v) is 3.10. The van der Waals surface area contributed by atoms with E-state index in [-0.39, 0.29) is 19.1 Å². The quantitative estimate of drug-likeness (QED) is 0.882. The molecule has 4 heteroatoms. The normalized spacial score (nSPS) is 16.4. The van der Waals surface area contributed by atoms with E-state index in [1.165, 1.54) is 5.56 Å². The highest BCUT2D eigenvalue weighted by molar-refractivity contribution is 5.98. The molecule has 1 aromatic carbocycles. The predicted molar refractivity (Wildman–Crippen MR) is 67.9 cm³/mol. The lowest BCUT2D eigenvalue weighted by Crippen LogP contribution is -2.50. The van der Waals surface area contributed by atoms with Crippen LogP contribution in [0.3, 0.4) is 0 Å². The fourth-order valence-electron chi connectivity index (χ4n) is 1.85. The van der Waals surface area contributed by atoms with Crippen LogP contribution in [0.4, 0.5) is 5.69 Å². The van der Waals surface area contributed by atoms with E-state index in [4.69, 9.17) is 10.00 Å². The topological polar surface area (TPSA) is 62.1 Å². The molecule has 1 amide bonds. The Balaban J connectivity index is 2.01. The molecule has 0 atom stereocenters. The van der Waals surface area contributed by atoms with E-state index in [0.717, 1.165) is 18.5 Å². The van der Waals surface area contributed by atoms with Crippen LogP contribution in [0.2, 0.25) is 0 Å². The number of aryl methyl sites for hydroxylation is 1. The molecule has 4 nitrogen and oxygen atoms in total. The van der Waals surface area contributed by atoms with Crippen molar-refractivity contribution in [2.45, 2.75) is 19.8 Å². The van der Waals surface area contributed by atoms with Crippen molar-refractivity contribution in [2.75, 3.05) is 18.5 Å². The first kappa shape index (κ1) is 12.6. The minimum Gasteiger partial charge on any atom is -0.377 e. The Morgan fingerprint density at radius 1 is 1.44 bits per heavy atom. The molecule has 1 fully saturated rings. The summed E-state index contributed by atoms with van der Waals surface area (Å²) in [5.74, 6) is -0.278. The van der Waals surface area contributed by atoms with Crippen molar-refractivity contribution in [3.8, 4) is 6.07 Å². The average Bonchev–Trinajstić information content (AvgIpc) is 2.31. The molecule has 1 aliphatic rings. The monoisotopic (exact) mass is 244 g/mol. The van der Waals surface area contributed by atoms with Crippen molar-refractivity contribution < 1.29 is 9.53 Å². The summed E-state index contributed by atoms with van der Waals surface area (Å²) in [6.07, 6.45) is 2.13. The number of nitrogens with zero attached hydrogens (tertiary/aromatic N) is 1. The van der Waals surface area contributed by atoms with E-state index >= 15 is 0 Å². The molecule has 2 rings (SSSR count). The number of amides is 1. The second-order valence-corrected chi connectivity index (χ2v) is 4.59. The zero-order chi connectivity index (χ0) is 13.0. The molecule has 1 aromatic rings. The second-order valence-electron chi connectivity index (χ2n) is 4.59. The van der Waals surface area contributed by atoms with Crippen LogP contribution in [0, 0.1) is 16.7 Å². The summed E-state index contributed by atoms with van der Waals surface area (Å²) in [7, 11) is 0. The van der Waals surface area contributed by atoms with Crippen LogP contribution in [0.15, 0.2) is 24.3 Å². The lowest BCUT2D eigenvalue weighted by molar-refractivity contribution is -0.144. The summed E-state index contributed by atoms with van der Waals surface area (Å²) < 4.78 is 4.96. The summed E-state index contributed by atoms with van der Waals surface area (Å²) in [6.45, 7) is 2.50. The molecule has 1 aliphatic heterocycles. The van der Waals surface area contributed by atoms with Crippen molar-refractivity contribution in [3.05, 3.63) is 29.8 Å². The van der Waals surface area contributed by atoms with Gasteiger partial charge in [-0.15, -0.1) is 0 Å². The molecule has 94 valence electrons. The van der Waals surface area contributed by atoms with Gasteiger partial charge in [-0.1, -0.05) is 25.5 Å². The van der Waals surface area contributed by atoms with E-state index in [9.17, 15) is 4.79 Å². The standard InChI is InChI=1S/C14H16N2O2/c1-2-3-11-4-6-12(7-5-11)16-13(17)14(8-15)9-18-10-14/h4-7H,2-3,9-10H2,1H3,(H,16,17). The summed E-state index contributed by atoms with van der Waals surface area (Å²) >= 11 is 0. The third kappa shape index (κ3) is 2.36. The minimum atomic E-state index is -0.998. The van der Waals surface area contributed by atoms with Crippen LogP contribution in [-0.2, 0) is 16.0 Å². The van der Waals surface area contributed by atoms with Crippen LogP contribution in [0.5, 0.6) is 0 Å². The van der Waals surface area contributed by atoms with Gasteiger partial charge in [-0.05, 0) is 24.1 Å². The number of carbonyl (C=O) groups is 1. The summed E-state index contributed by atoms with van der Waals surface area (Å²) in [5, 5.41) is 11.8. The van der Waals surface area contributed by atoms with Crippen molar-refractivity contribution in [1.29, 1.82) is 5.26 Å². The number of carbonyl (C=O) groups excluding carboxylic acids is 1. The zero-order valence-electron chi connectivity index (χ0n) is 10.4. The lowest BCUT2D eigenvalue weighted by Gasteiger charge is -2.33. The number of hydrogen-bond donors (Lipinski definition) is 1. The summed E-state index contributed by atoms with van der Waals surface area (Å²) in [5.41, 5.74) is 0.973. The van der Waals surface area contributed by atoms with Gasteiger partial charge in [0.25, 0.3) is 0 Å². The maximum Gasteiger partial charge on any atom is 0.249 e. The Hall–Kier alpha value is -1.86. The first-order chi connectivity index (χ1) is 8.70. The first-order valence-electron chi connectivity index (χ1n) is 6.09. The highest BCUT2D eigenvalue weighted by Crippen LogP contribution is 2.28. The van der Waals surface area contributed by atoms with Gasteiger partial charge in [-0.2, -0.15) is 5.26 Å². The van der Waals surface area contributed by atoms with Gasteiger partial charge in [0.2, 0.25) is 5.91 Å². The van der Waals surface area contributed by atoms with Crippen LogP contribution in [0.25, 0.3) is 0 Å². The van der Waals surface area contributed by atoms with Crippen LogP contribution in [-0.4, -0.2) is 19.1 Å². The Morgan fingerprint density at radius 3 is 2.56 bits per heavy atom. The number of rotatable bonds is 4. The zero-order valence-corrected chi connectivity index (χ0v) is 10.4. The molecule has 1 saturated heterocycles. The van der Waals surface area contributed by atoms with E-state index < -0.39 is 5.41 Å². The van der Waals surface area contributed by atoms with Crippen molar-refractivity contribution >= 4 is 11.6 Å². The SMILES string of the molecule is CCCc1ccc(NC(=O)C2(C#N)COC2)cc1. The van der Waals surface area contributed by atoms with Gasteiger partial charge in [0, 0.05) is 5.69 Å². The predicted octanol–water partition coefficient (Wildman–Crippen LogP) is 2.12. The maximum absolute atomic E-state index is 11.9. The van der Waals surface area contributed by atoms with E-state index in [0.29, 0.717) is 0 Å². The van der Waals surface area contributed by atoms with Gasteiger partial charge in [0.15, 0.2) is 5.41 Å². The van der Waals surface area contributed by atoms with E-state index in [1.807, 2.05) is 30.3 Å². The average molecular weight is 244 g/mol. The molecule has 0 bridgehead atoms. The van der Waals surface area contributed by atoms with Crippen molar-refractivity contribution in [1.82, 2.24) is 0 Å². The van der Waals surface area contributed by atoms with Gasteiger partial charge in [0.1, 0.15) is 0 Å². The molecule has 0 aliphatic carbocycles. The molecule has 18 heavy (non-hydrogen) atoms. The molecule has 0 spiro atoms. The van der Waals surface area contributed by atoms with Crippen molar-refractivity contribution in [3.63, 3.8) is 0 Å². The lowest BCUT2D eigenvalue weighted by atomic mass is 9.87. The second kappa shape index (κ2) is 5.19. The van der Waals surface area contributed by atoms with Crippen LogP contribution >= 0.6 is 0 Å². The van der Waals surface area contributed by atoms with Crippen molar-refractivity contribution in [2.24, 2.45) is 5.41 Å². The number of hydrogen-bond acceptors (Lipinski definition) is 3. The Kier molecular flexibility index (Phi) is 3.63. The Bertz CT molecular complexity index is 470. The smallest absolute Gasteiger partial charge is 0.249 e. The minimum absolute atomic E-state index is 0.184. The first-order valence-corrected chi connectivity index (χ1v) is 6.09. The van der Waals surface area contributed by atoms with Crippen LogP contribution in [0.1, 0.15) is 18.9 Å². The molecule has 0 aromatic heterocycles. The maximum atomic E-state index is 11.9. The fraction of sp³-hybridized carbons (Fsp3) is 0.429. The molecular formula is C14H16N2O2. The number of benzene rings is 1. The van der Waals surface area contributed by atoms with Gasteiger partial charge < -0.3 is 10.1 Å². The number of nitriles is 1. The van der Waals surface area contributed by atoms with E-state index in [1.54, 1.807) is 0 Å². The van der Waals surface area contributed by atoms with Gasteiger partial charge in [0.05, 0.1) is 19.3 Å². The molecule has 1 heterocycles. The molecule has 0 saturated carbocycles. The number of nitrogens with one attached hydrogen (secondary N) is 1. The number of anilines is 1. The Labute approximate surface area is 107 Å². The fourth-order valence-corrected chi connectivity index (χ4v) is 1.85. The molecule has 0 unspecified atom stereocenters. The molecule has 1 N–H and O–H groups in total. The number of ether oxygens (including phenoxy) is 1. The summed E-state index contributed by atoms with van der Waals surface area (Å²) in [6, 6.07) is 9.76. The summed E-state index contributed by atoms with van der Waals surface area (Å²) in [4.78, 5) is 11.9. The van der Waals surface area contributed by atoms with Crippen LogP contribution < -0.4 is 5.32 Å². The molecular weight excluding hydrogens is 228 g/mol. The van der Waals surface area contributed by atoms with Gasteiger partial charge in [-0.3, -0.25) is 4.79 Å². The Morgan fingerprint density at radius 2 is 2.11 bits per heavy atom. The third-order valence-electron chi connectivity index (χ3n) is 3.10. The highest BCUT2D eigenvalue weighted by atomic mass is 16.5. The largest absolute Gasteiger partial charge is 0.377 e. The van der Waals surface area contributed by atoms with E-state index in [2.05, 4.69) is 12.2 Å².